The fraction of sp³-hybridized carbons (Fsp3) is 0.120. The van der Waals surface area contributed by atoms with Crippen molar-refractivity contribution in [2.24, 2.45) is 0 Å². The van der Waals surface area contributed by atoms with Crippen molar-refractivity contribution >= 4 is 17.8 Å². The van der Waals surface area contributed by atoms with Crippen molar-refractivity contribution in [2.45, 2.75) is 19.1 Å². The Labute approximate surface area is 179 Å². The third-order valence-electron chi connectivity index (χ3n) is 5.19. The summed E-state index contributed by atoms with van der Waals surface area (Å²) in [5.74, 6) is -1.74. The first-order valence-corrected chi connectivity index (χ1v) is 9.75. The average Bonchev–Trinajstić information content (AvgIpc) is 3.07. The number of amides is 2. The van der Waals surface area contributed by atoms with Crippen molar-refractivity contribution in [3.05, 3.63) is 107 Å². The van der Waals surface area contributed by atoms with E-state index in [0.29, 0.717) is 11.1 Å². The smallest absolute Gasteiger partial charge is 0.330 e. The van der Waals surface area contributed by atoms with E-state index in [2.05, 4.69) is 6.07 Å². The number of rotatable bonds is 6. The summed E-state index contributed by atoms with van der Waals surface area (Å²) in [5.41, 5.74) is 2.29. The number of hydrogen-bond donors (Lipinski definition) is 0. The predicted molar refractivity (Wildman–Crippen MR) is 112 cm³/mol. The molecule has 0 spiro atoms. The number of benzene rings is 3. The summed E-state index contributed by atoms with van der Waals surface area (Å²) in [6.07, 6.45) is 0.130. The highest BCUT2D eigenvalue weighted by atomic mass is 16.5. The Hall–Kier alpha value is -4.24. The van der Waals surface area contributed by atoms with Gasteiger partial charge in [-0.3, -0.25) is 14.5 Å². The van der Waals surface area contributed by atoms with E-state index < -0.39 is 23.8 Å². The van der Waals surface area contributed by atoms with Crippen molar-refractivity contribution in [1.29, 1.82) is 5.26 Å². The first-order valence-electron chi connectivity index (χ1n) is 9.75. The second kappa shape index (κ2) is 8.64. The van der Waals surface area contributed by atoms with E-state index in [1.165, 1.54) is 0 Å². The number of carbonyl (C=O) groups excluding carboxylic acids is 3. The van der Waals surface area contributed by atoms with E-state index in [0.717, 1.165) is 10.5 Å². The summed E-state index contributed by atoms with van der Waals surface area (Å²) < 4.78 is 5.48. The molecule has 1 heterocycles. The Kier molecular flexibility index (Phi) is 5.59. The first kappa shape index (κ1) is 20.0. The zero-order valence-electron chi connectivity index (χ0n) is 16.5. The monoisotopic (exact) mass is 410 g/mol. The van der Waals surface area contributed by atoms with Gasteiger partial charge < -0.3 is 4.74 Å². The zero-order valence-corrected chi connectivity index (χ0v) is 16.5. The highest BCUT2D eigenvalue weighted by Crippen LogP contribution is 2.26. The van der Waals surface area contributed by atoms with E-state index >= 15 is 0 Å². The van der Waals surface area contributed by atoms with Crippen molar-refractivity contribution in [1.82, 2.24) is 4.90 Å². The topological polar surface area (TPSA) is 87.5 Å². The molecule has 0 aliphatic carbocycles. The Morgan fingerprint density at radius 2 is 1.45 bits per heavy atom. The van der Waals surface area contributed by atoms with Crippen LogP contribution in [0.5, 0.6) is 0 Å². The molecule has 2 amide bonds. The Balaban J connectivity index is 1.62. The highest BCUT2D eigenvalue weighted by molar-refractivity contribution is 6.22. The second-order valence-electron chi connectivity index (χ2n) is 7.11. The molecule has 1 unspecified atom stereocenters. The van der Waals surface area contributed by atoms with Gasteiger partial charge in [0.15, 0.2) is 0 Å². The first-order chi connectivity index (χ1) is 15.1. The average molecular weight is 410 g/mol. The molecular weight excluding hydrogens is 392 g/mol. The van der Waals surface area contributed by atoms with Crippen LogP contribution in [0.4, 0.5) is 0 Å². The van der Waals surface area contributed by atoms with Crippen LogP contribution in [-0.2, 0) is 22.6 Å². The van der Waals surface area contributed by atoms with Gasteiger partial charge in [0.1, 0.15) is 12.6 Å². The minimum Gasteiger partial charge on any atom is -0.459 e. The molecule has 0 bridgehead atoms. The molecule has 0 radical (unpaired) electrons. The molecule has 152 valence electrons. The zero-order chi connectivity index (χ0) is 21.8. The van der Waals surface area contributed by atoms with Crippen LogP contribution >= 0.6 is 0 Å². The minimum atomic E-state index is -1.12. The molecule has 6 heteroatoms. The lowest BCUT2D eigenvalue weighted by atomic mass is 10.0. The van der Waals surface area contributed by atoms with Gasteiger partial charge in [-0.15, -0.1) is 0 Å². The Bertz CT molecular complexity index is 1160. The summed E-state index contributed by atoms with van der Waals surface area (Å²) in [4.78, 5) is 40.0. The summed E-state index contributed by atoms with van der Waals surface area (Å²) in [7, 11) is 0. The van der Waals surface area contributed by atoms with Gasteiger partial charge in [-0.05, 0) is 23.8 Å². The molecular formula is C25H18N2O4. The van der Waals surface area contributed by atoms with Crippen molar-refractivity contribution < 1.29 is 19.1 Å². The number of fused-ring (bicyclic) bond motifs is 1. The van der Waals surface area contributed by atoms with E-state index in [1.807, 2.05) is 30.3 Å². The number of ether oxygens (including phenoxy) is 1. The normalized spacial score (nSPS) is 13.5. The van der Waals surface area contributed by atoms with E-state index in [-0.39, 0.29) is 24.2 Å². The molecule has 1 aliphatic heterocycles. The summed E-state index contributed by atoms with van der Waals surface area (Å²) in [5, 5.41) is 9.24. The van der Waals surface area contributed by atoms with Crippen molar-refractivity contribution in [3.8, 4) is 6.07 Å². The van der Waals surface area contributed by atoms with Gasteiger partial charge in [0.2, 0.25) is 0 Å². The standard InChI is InChI=1S/C25H18N2O4/c26-15-18-10-4-5-11-19(18)16-31-25(30)22(14-17-8-2-1-3-9-17)27-23(28)20-12-6-7-13-21(20)24(27)29/h1-13,22H,14,16H2. The van der Waals surface area contributed by atoms with Gasteiger partial charge in [-0.1, -0.05) is 60.7 Å². The second-order valence-corrected chi connectivity index (χ2v) is 7.11. The minimum absolute atomic E-state index is 0.128. The molecule has 3 aromatic carbocycles. The molecule has 0 saturated carbocycles. The van der Waals surface area contributed by atoms with Gasteiger partial charge in [0.25, 0.3) is 11.8 Å². The van der Waals surface area contributed by atoms with Gasteiger partial charge in [-0.2, -0.15) is 5.26 Å². The molecule has 0 aromatic heterocycles. The molecule has 0 N–H and O–H groups in total. The van der Waals surface area contributed by atoms with E-state index in [4.69, 9.17) is 4.74 Å². The number of imide groups is 1. The van der Waals surface area contributed by atoms with Gasteiger partial charge in [0, 0.05) is 12.0 Å². The van der Waals surface area contributed by atoms with Crippen LogP contribution in [-0.4, -0.2) is 28.7 Å². The maximum absolute atomic E-state index is 13.1. The third-order valence-corrected chi connectivity index (χ3v) is 5.19. The van der Waals surface area contributed by atoms with Gasteiger partial charge >= 0.3 is 5.97 Å². The van der Waals surface area contributed by atoms with Crippen LogP contribution in [0.3, 0.4) is 0 Å². The lowest BCUT2D eigenvalue weighted by molar-refractivity contribution is -0.149. The van der Waals surface area contributed by atoms with Crippen LogP contribution < -0.4 is 0 Å². The molecule has 0 fully saturated rings. The summed E-state index contributed by atoms with van der Waals surface area (Å²) >= 11 is 0. The summed E-state index contributed by atoms with van der Waals surface area (Å²) in [6, 6.07) is 23.4. The maximum atomic E-state index is 13.1. The summed E-state index contributed by atoms with van der Waals surface area (Å²) in [6.45, 7) is -0.128. The van der Waals surface area contributed by atoms with Crippen molar-refractivity contribution in [2.75, 3.05) is 0 Å². The largest absolute Gasteiger partial charge is 0.459 e. The Morgan fingerprint density at radius 3 is 2.10 bits per heavy atom. The molecule has 1 aliphatic rings. The van der Waals surface area contributed by atoms with Crippen LogP contribution in [0, 0.1) is 11.3 Å². The SMILES string of the molecule is N#Cc1ccccc1COC(=O)C(Cc1ccccc1)N1C(=O)c2ccccc2C1=O. The molecule has 6 nitrogen and oxygen atoms in total. The van der Waals surface area contributed by atoms with Crippen LogP contribution in [0.1, 0.15) is 37.4 Å². The lowest BCUT2D eigenvalue weighted by Gasteiger charge is -2.25. The highest BCUT2D eigenvalue weighted by Gasteiger charge is 2.43. The van der Waals surface area contributed by atoms with E-state index in [9.17, 15) is 19.6 Å². The molecule has 0 saturated heterocycles. The quantitative estimate of drug-likeness (QED) is 0.458. The number of nitrogens with zero attached hydrogens (tertiary/aromatic N) is 2. The molecule has 3 aromatic rings. The predicted octanol–water partition coefficient (Wildman–Crippen LogP) is 3.51. The maximum Gasteiger partial charge on any atom is 0.330 e. The number of hydrogen-bond acceptors (Lipinski definition) is 5. The fourth-order valence-electron chi connectivity index (χ4n) is 3.61. The number of nitriles is 1. The molecule has 31 heavy (non-hydrogen) atoms. The van der Waals surface area contributed by atoms with Gasteiger partial charge in [0.05, 0.1) is 22.8 Å². The van der Waals surface area contributed by atoms with Crippen LogP contribution in [0.2, 0.25) is 0 Å². The molecule has 1 atom stereocenters. The van der Waals surface area contributed by atoms with Crippen LogP contribution in [0.15, 0.2) is 78.9 Å². The Morgan fingerprint density at radius 1 is 0.871 bits per heavy atom. The third kappa shape index (κ3) is 3.94. The van der Waals surface area contributed by atoms with E-state index in [1.54, 1.807) is 48.5 Å². The van der Waals surface area contributed by atoms with Crippen molar-refractivity contribution in [3.63, 3.8) is 0 Å². The lowest BCUT2D eigenvalue weighted by Crippen LogP contribution is -2.47. The number of esters is 1. The van der Waals surface area contributed by atoms with Crippen LogP contribution in [0.25, 0.3) is 0 Å². The van der Waals surface area contributed by atoms with Gasteiger partial charge in [-0.25, -0.2) is 4.79 Å². The fourth-order valence-corrected chi connectivity index (χ4v) is 3.61. The number of carbonyl (C=O) groups is 3. The molecule has 4 rings (SSSR count).